The van der Waals surface area contributed by atoms with Gasteiger partial charge in [-0.05, 0) is 44.9 Å². The molecule has 0 aliphatic rings. The maximum atomic E-state index is 11.7. The number of carboxylic acids is 2. The highest BCUT2D eigenvalue weighted by Crippen LogP contribution is 2.28. The molecule has 15 nitrogen and oxygen atoms in total. The fourth-order valence-corrected chi connectivity index (χ4v) is 4.93. The molecule has 0 atom stereocenters. The third kappa shape index (κ3) is 38.7. The molecule has 0 fully saturated rings. The molecule has 0 aromatic rings. The first kappa shape index (κ1) is 53.8. The van der Waals surface area contributed by atoms with Crippen LogP contribution >= 0.6 is 44.6 Å². The van der Waals surface area contributed by atoms with Crippen LogP contribution in [-0.2, 0) is 66.5 Å². The van der Waals surface area contributed by atoms with Crippen LogP contribution < -0.4 is 0 Å². The first-order valence-corrected chi connectivity index (χ1v) is 19.1. The lowest BCUT2D eigenvalue weighted by molar-refractivity contribution is -0.156. The standard InChI is InChI=1S/C16H24Cl2O6.C16H26O8.Cl2OS/c1-15(2,7-11(17)19)9-13(21)23-5-6-24-14(22)10-16(3,4)8-12(18)20;1-15(2,7-11(17)18)9-13(21)23-5-6-24-14(22)10-16(3,4)8-12(19)20;1-4(2)3/h5-10H2,1-4H3;5-10H2,1-4H3,(H,17,18)(H,19,20);. The van der Waals surface area contributed by atoms with Gasteiger partial charge < -0.3 is 29.2 Å². The molecule has 0 radical (unpaired) electrons. The highest BCUT2D eigenvalue weighted by Gasteiger charge is 2.29. The third-order valence-corrected chi connectivity index (χ3v) is 6.47. The van der Waals surface area contributed by atoms with Gasteiger partial charge in [0.1, 0.15) is 26.4 Å². The first-order valence-electron chi connectivity index (χ1n) is 15.6. The molecule has 0 amide bonds. The zero-order valence-electron chi connectivity index (χ0n) is 30.6. The second-order valence-electron chi connectivity index (χ2n) is 14.6. The number of hydrogen-bond donors (Lipinski definition) is 2. The Labute approximate surface area is 325 Å². The van der Waals surface area contributed by atoms with Gasteiger partial charge in [-0.3, -0.25) is 38.4 Å². The maximum Gasteiger partial charge on any atom is 0.306 e. The maximum absolute atomic E-state index is 11.7. The Hall–Kier alpha value is -2.53. The fraction of sp³-hybridized carbons (Fsp3) is 0.750. The second-order valence-corrected chi connectivity index (χ2v) is 18.0. The minimum absolute atomic E-state index is 0.0320. The first-order chi connectivity index (χ1) is 23.4. The zero-order chi connectivity index (χ0) is 41.5. The summed E-state index contributed by atoms with van der Waals surface area (Å²) in [4.78, 5) is 89.7. The Bertz CT molecular complexity index is 1070. The number of carboxylic acid groups (broad SMARTS) is 2. The van der Waals surface area contributed by atoms with Crippen LogP contribution in [0.4, 0.5) is 0 Å². The van der Waals surface area contributed by atoms with Crippen LogP contribution in [0.25, 0.3) is 0 Å². The summed E-state index contributed by atoms with van der Waals surface area (Å²) in [5, 5.41) is 16.4. The molecule has 52 heavy (non-hydrogen) atoms. The summed E-state index contributed by atoms with van der Waals surface area (Å²) in [6, 6.07) is 0. The SMILES string of the molecule is CC(C)(CC(=O)Cl)CC(=O)OCCOC(=O)CC(C)(C)CC(=O)Cl.CC(C)(CC(=O)O)CC(=O)OCCOC(=O)CC(C)(C)CC(=O)O.O=S(Cl)Cl. The number of halogens is 4. The number of carbonyl (C=O) groups excluding carboxylic acids is 6. The van der Waals surface area contributed by atoms with Crippen LogP contribution in [0.5, 0.6) is 0 Å². The monoisotopic (exact) mass is 846 g/mol. The van der Waals surface area contributed by atoms with Crippen LogP contribution in [0.2, 0.25) is 0 Å². The fourth-order valence-electron chi connectivity index (χ4n) is 4.21. The molecule has 0 aliphatic carbocycles. The van der Waals surface area contributed by atoms with Crippen LogP contribution in [0.1, 0.15) is 107 Å². The average molecular weight is 849 g/mol. The molecule has 20 heteroatoms. The molecule has 0 saturated carbocycles. The lowest BCUT2D eigenvalue weighted by Gasteiger charge is -2.22. The number of esters is 4. The third-order valence-electron chi connectivity index (χ3n) is 6.21. The van der Waals surface area contributed by atoms with E-state index in [0.29, 0.717) is 0 Å². The lowest BCUT2D eigenvalue weighted by Crippen LogP contribution is -2.25. The Morgan fingerprint density at radius 1 is 0.442 bits per heavy atom. The number of rotatable bonds is 22. The highest BCUT2D eigenvalue weighted by atomic mass is 36.0. The van der Waals surface area contributed by atoms with Crippen molar-refractivity contribution in [3.63, 3.8) is 0 Å². The molecule has 0 aromatic heterocycles. The summed E-state index contributed by atoms with van der Waals surface area (Å²) < 4.78 is 28.8. The molecule has 0 spiro atoms. The molecule has 0 aromatic carbocycles. The van der Waals surface area contributed by atoms with Crippen molar-refractivity contribution in [2.45, 2.75) is 107 Å². The molecule has 0 heterocycles. The van der Waals surface area contributed by atoms with Crippen molar-refractivity contribution in [3.05, 3.63) is 0 Å². The molecule has 0 unspecified atom stereocenters. The van der Waals surface area contributed by atoms with Crippen molar-refractivity contribution in [3.8, 4) is 0 Å². The van der Waals surface area contributed by atoms with E-state index in [1.807, 2.05) is 0 Å². The second kappa shape index (κ2) is 26.3. The Morgan fingerprint density at radius 3 is 0.769 bits per heavy atom. The van der Waals surface area contributed by atoms with Crippen LogP contribution in [0, 0.1) is 21.7 Å². The van der Waals surface area contributed by atoms with Crippen molar-refractivity contribution < 1.29 is 71.7 Å². The van der Waals surface area contributed by atoms with E-state index in [1.165, 1.54) is 0 Å². The summed E-state index contributed by atoms with van der Waals surface area (Å²) in [5.74, 6) is -4.12. The summed E-state index contributed by atoms with van der Waals surface area (Å²) in [6.07, 6.45) is -0.238. The summed E-state index contributed by atoms with van der Waals surface area (Å²) >= 11 is 10.6. The van der Waals surface area contributed by atoms with Gasteiger partial charge in [0, 0.05) is 34.2 Å². The number of aliphatic carboxylic acids is 2. The zero-order valence-corrected chi connectivity index (χ0v) is 34.4. The smallest absolute Gasteiger partial charge is 0.306 e. The lowest BCUT2D eigenvalue weighted by atomic mass is 9.86. The van der Waals surface area contributed by atoms with Gasteiger partial charge in [-0.1, -0.05) is 55.4 Å². The largest absolute Gasteiger partial charge is 0.481 e. The molecule has 302 valence electrons. The van der Waals surface area contributed by atoms with Crippen molar-refractivity contribution in [2.24, 2.45) is 21.7 Å². The molecule has 2 N–H and O–H groups in total. The minimum atomic E-state index is -1.67. The highest BCUT2D eigenvalue weighted by molar-refractivity contribution is 8.26. The van der Waals surface area contributed by atoms with Crippen LogP contribution in [0.3, 0.4) is 0 Å². The van der Waals surface area contributed by atoms with Gasteiger partial charge in [-0.2, -0.15) is 0 Å². The molecule has 0 aliphatic heterocycles. The van der Waals surface area contributed by atoms with E-state index in [4.69, 9.17) is 56.6 Å². The van der Waals surface area contributed by atoms with Gasteiger partial charge in [0.15, 0.2) is 0 Å². The van der Waals surface area contributed by atoms with E-state index in [9.17, 15) is 38.4 Å². The van der Waals surface area contributed by atoms with E-state index in [0.717, 1.165) is 0 Å². The van der Waals surface area contributed by atoms with Gasteiger partial charge in [0.05, 0.1) is 38.5 Å². The van der Waals surface area contributed by atoms with Crippen molar-refractivity contribution in [2.75, 3.05) is 26.4 Å². The Balaban J connectivity index is -0.000000836. The summed E-state index contributed by atoms with van der Waals surface area (Å²) in [7, 11) is 7.36. The topological polar surface area (TPSA) is 231 Å². The summed E-state index contributed by atoms with van der Waals surface area (Å²) in [5.41, 5.74) is -2.63. The van der Waals surface area contributed by atoms with Crippen molar-refractivity contribution >= 4 is 100 Å². The van der Waals surface area contributed by atoms with E-state index in [-0.39, 0.29) is 77.8 Å². The quantitative estimate of drug-likeness (QED) is 0.0541. The molecule has 0 saturated heterocycles. The minimum Gasteiger partial charge on any atom is -0.481 e. The number of hydrogen-bond acceptors (Lipinski definition) is 13. The molecular weight excluding hydrogens is 798 g/mol. The van der Waals surface area contributed by atoms with Gasteiger partial charge in [-0.15, -0.1) is 0 Å². The van der Waals surface area contributed by atoms with Gasteiger partial charge in [0.2, 0.25) is 19.7 Å². The van der Waals surface area contributed by atoms with E-state index >= 15 is 0 Å². The Kier molecular flexibility index (Phi) is 27.2. The summed E-state index contributed by atoms with van der Waals surface area (Å²) in [6.45, 7) is 13.1. The van der Waals surface area contributed by atoms with Crippen LogP contribution in [0.15, 0.2) is 0 Å². The molecule has 0 rings (SSSR count). The van der Waals surface area contributed by atoms with E-state index < -0.39 is 77.2 Å². The Morgan fingerprint density at radius 2 is 0.615 bits per heavy atom. The predicted molar refractivity (Wildman–Crippen MR) is 193 cm³/mol. The molecule has 0 bridgehead atoms. The number of carbonyl (C=O) groups is 8. The van der Waals surface area contributed by atoms with E-state index in [2.05, 4.69) is 21.4 Å². The van der Waals surface area contributed by atoms with E-state index in [1.54, 1.807) is 55.4 Å². The van der Waals surface area contributed by atoms with Crippen molar-refractivity contribution in [1.29, 1.82) is 0 Å². The number of ether oxygens (including phenoxy) is 4. The van der Waals surface area contributed by atoms with Crippen LogP contribution in [-0.4, -0.2) is 87.2 Å². The average Bonchev–Trinajstić information content (AvgIpc) is 2.84. The van der Waals surface area contributed by atoms with Gasteiger partial charge in [-0.25, -0.2) is 4.21 Å². The van der Waals surface area contributed by atoms with Gasteiger partial charge in [0.25, 0.3) is 0 Å². The van der Waals surface area contributed by atoms with Gasteiger partial charge >= 0.3 is 35.8 Å². The van der Waals surface area contributed by atoms with Crippen molar-refractivity contribution in [1.82, 2.24) is 0 Å². The normalized spacial score (nSPS) is 11.5. The molecular formula is C32H50Cl4O15S. The predicted octanol–water partition coefficient (Wildman–Crippen LogP) is 6.11.